The summed E-state index contributed by atoms with van der Waals surface area (Å²) in [6, 6.07) is 11.9. The molecular formula is C14H13BrN2O3. The summed E-state index contributed by atoms with van der Waals surface area (Å²) < 4.78 is 6.47. The van der Waals surface area contributed by atoms with Crippen molar-refractivity contribution in [2.45, 2.75) is 6.61 Å². The maximum Gasteiger partial charge on any atom is 0.173 e. The van der Waals surface area contributed by atoms with Gasteiger partial charge in [-0.3, -0.25) is 0 Å². The maximum absolute atomic E-state index is 9.22. The maximum atomic E-state index is 9.22. The summed E-state index contributed by atoms with van der Waals surface area (Å²) in [7, 11) is 0. The lowest BCUT2D eigenvalue weighted by molar-refractivity contribution is 0.303. The molecule has 0 saturated carbocycles. The van der Waals surface area contributed by atoms with E-state index in [9.17, 15) is 5.11 Å². The number of rotatable bonds is 4. The van der Waals surface area contributed by atoms with Gasteiger partial charge in [-0.15, -0.1) is 0 Å². The Morgan fingerprint density at radius 2 is 1.90 bits per heavy atom. The number of phenolic OH excluding ortho intramolecular Hbond substituents is 1. The second-order valence-electron chi connectivity index (χ2n) is 4.08. The van der Waals surface area contributed by atoms with Crippen LogP contribution in [0.2, 0.25) is 0 Å². The number of oxime groups is 1. The molecule has 2 aromatic carbocycles. The number of nitrogens with zero attached hydrogens (tertiary/aromatic N) is 1. The molecule has 0 aliphatic heterocycles. The molecule has 0 unspecified atom stereocenters. The fourth-order valence-corrected chi connectivity index (χ4v) is 2.00. The Bertz CT molecular complexity index is 627. The van der Waals surface area contributed by atoms with Crippen LogP contribution in [0.5, 0.6) is 11.5 Å². The molecule has 2 rings (SSSR count). The molecule has 5 nitrogen and oxygen atoms in total. The summed E-state index contributed by atoms with van der Waals surface area (Å²) in [5.74, 6) is 0.693. The van der Waals surface area contributed by atoms with E-state index in [1.807, 2.05) is 0 Å². The number of ether oxygens (including phenoxy) is 1. The van der Waals surface area contributed by atoms with Crippen LogP contribution in [0.25, 0.3) is 0 Å². The molecule has 2 aromatic rings. The molecule has 0 spiro atoms. The highest BCUT2D eigenvalue weighted by molar-refractivity contribution is 9.10. The summed E-state index contributed by atoms with van der Waals surface area (Å²) >= 11 is 3.32. The Hall–Kier alpha value is -2.21. The number of aromatic hydroxyl groups is 1. The highest BCUT2D eigenvalue weighted by Crippen LogP contribution is 2.24. The smallest absolute Gasteiger partial charge is 0.173 e. The van der Waals surface area contributed by atoms with Crippen LogP contribution in [-0.4, -0.2) is 16.1 Å². The summed E-state index contributed by atoms with van der Waals surface area (Å²) in [4.78, 5) is 0. The minimum atomic E-state index is -0.0213. The van der Waals surface area contributed by atoms with Crippen LogP contribution < -0.4 is 10.5 Å². The van der Waals surface area contributed by atoms with Crippen molar-refractivity contribution in [2.75, 3.05) is 0 Å². The molecule has 4 N–H and O–H groups in total. The molecule has 0 bridgehead atoms. The minimum absolute atomic E-state index is 0.0213. The third kappa shape index (κ3) is 3.42. The molecule has 0 fully saturated rings. The molecule has 0 amide bonds. The van der Waals surface area contributed by atoms with Gasteiger partial charge in [-0.05, 0) is 35.9 Å². The minimum Gasteiger partial charge on any atom is -0.508 e. The molecule has 104 valence electrons. The largest absolute Gasteiger partial charge is 0.508 e. The standard InChI is InChI=1S/C14H13BrN2O3/c15-10-3-6-13(12(7-10)14(16)17-19)20-8-9-1-4-11(18)5-2-9/h1-7,18-19H,8H2,(H2,16,17). The van der Waals surface area contributed by atoms with Crippen LogP contribution >= 0.6 is 15.9 Å². The van der Waals surface area contributed by atoms with Gasteiger partial charge in [0.25, 0.3) is 0 Å². The predicted octanol–water partition coefficient (Wildman–Crippen LogP) is 2.83. The highest BCUT2D eigenvalue weighted by atomic mass is 79.9. The fraction of sp³-hybridized carbons (Fsp3) is 0.0714. The normalized spacial score (nSPS) is 11.3. The molecule has 6 heteroatoms. The fourth-order valence-electron chi connectivity index (χ4n) is 1.64. The zero-order valence-corrected chi connectivity index (χ0v) is 12.0. The van der Waals surface area contributed by atoms with Crippen molar-refractivity contribution in [1.82, 2.24) is 0 Å². The van der Waals surface area contributed by atoms with E-state index in [1.165, 1.54) is 0 Å². The van der Waals surface area contributed by atoms with E-state index >= 15 is 0 Å². The average molecular weight is 337 g/mol. The van der Waals surface area contributed by atoms with Gasteiger partial charge in [0, 0.05) is 4.47 Å². The van der Waals surface area contributed by atoms with E-state index < -0.39 is 0 Å². The molecule has 0 heterocycles. The van der Waals surface area contributed by atoms with Gasteiger partial charge in [0.1, 0.15) is 18.1 Å². The number of hydrogen-bond donors (Lipinski definition) is 3. The first kappa shape index (κ1) is 14.2. The SMILES string of the molecule is N/C(=N/O)c1cc(Br)ccc1OCc1ccc(O)cc1. The Kier molecular flexibility index (Phi) is 4.47. The average Bonchev–Trinajstić information content (AvgIpc) is 2.46. The van der Waals surface area contributed by atoms with Gasteiger partial charge >= 0.3 is 0 Å². The highest BCUT2D eigenvalue weighted by Gasteiger charge is 2.09. The van der Waals surface area contributed by atoms with Crippen LogP contribution in [-0.2, 0) is 6.61 Å². The van der Waals surface area contributed by atoms with Gasteiger partial charge < -0.3 is 20.8 Å². The van der Waals surface area contributed by atoms with Crippen molar-refractivity contribution in [2.24, 2.45) is 10.9 Å². The topological polar surface area (TPSA) is 88.1 Å². The van der Waals surface area contributed by atoms with Gasteiger partial charge in [-0.1, -0.05) is 33.2 Å². The lowest BCUT2D eigenvalue weighted by Gasteiger charge is -2.11. The molecule has 0 saturated heterocycles. The Labute approximate surface area is 124 Å². The molecule has 0 aliphatic rings. The summed E-state index contributed by atoms with van der Waals surface area (Å²) in [5.41, 5.74) is 7.02. The Balaban J connectivity index is 2.19. The lowest BCUT2D eigenvalue weighted by Crippen LogP contribution is -2.15. The first-order valence-electron chi connectivity index (χ1n) is 5.78. The second-order valence-corrected chi connectivity index (χ2v) is 5.00. The number of halogens is 1. The summed E-state index contributed by atoms with van der Waals surface area (Å²) in [5, 5.41) is 21.0. The number of phenols is 1. The summed E-state index contributed by atoms with van der Waals surface area (Å²) in [6.45, 7) is 0.313. The first-order valence-corrected chi connectivity index (χ1v) is 6.57. The Morgan fingerprint density at radius 3 is 2.55 bits per heavy atom. The van der Waals surface area contributed by atoms with E-state index in [4.69, 9.17) is 15.7 Å². The van der Waals surface area contributed by atoms with Crippen molar-refractivity contribution in [3.8, 4) is 11.5 Å². The van der Waals surface area contributed by atoms with Gasteiger partial charge in [-0.2, -0.15) is 0 Å². The van der Waals surface area contributed by atoms with Crippen molar-refractivity contribution in [3.63, 3.8) is 0 Å². The number of nitrogens with two attached hydrogens (primary N) is 1. The van der Waals surface area contributed by atoms with E-state index in [0.717, 1.165) is 10.0 Å². The van der Waals surface area contributed by atoms with Crippen LogP contribution in [0.15, 0.2) is 52.1 Å². The molecule has 20 heavy (non-hydrogen) atoms. The predicted molar refractivity (Wildman–Crippen MR) is 79.1 cm³/mol. The number of benzene rings is 2. The zero-order valence-electron chi connectivity index (χ0n) is 10.5. The van der Waals surface area contributed by atoms with Crippen LogP contribution in [0.3, 0.4) is 0 Å². The molecule has 0 aliphatic carbocycles. The van der Waals surface area contributed by atoms with Crippen molar-refractivity contribution in [1.29, 1.82) is 0 Å². The van der Waals surface area contributed by atoms with Crippen molar-refractivity contribution >= 4 is 21.8 Å². The van der Waals surface area contributed by atoms with Gasteiger partial charge in [0.15, 0.2) is 5.84 Å². The monoisotopic (exact) mass is 336 g/mol. The molecule has 0 aromatic heterocycles. The Morgan fingerprint density at radius 1 is 1.20 bits per heavy atom. The lowest BCUT2D eigenvalue weighted by atomic mass is 10.2. The molecule has 0 atom stereocenters. The van der Waals surface area contributed by atoms with Gasteiger partial charge in [0.05, 0.1) is 5.56 Å². The third-order valence-corrected chi connectivity index (χ3v) is 3.15. The number of amidine groups is 1. The van der Waals surface area contributed by atoms with Crippen LogP contribution in [0.1, 0.15) is 11.1 Å². The zero-order chi connectivity index (χ0) is 14.5. The van der Waals surface area contributed by atoms with Crippen LogP contribution in [0.4, 0.5) is 0 Å². The third-order valence-electron chi connectivity index (χ3n) is 2.66. The van der Waals surface area contributed by atoms with Crippen LogP contribution in [0, 0.1) is 0 Å². The van der Waals surface area contributed by atoms with Gasteiger partial charge in [0.2, 0.25) is 0 Å². The van der Waals surface area contributed by atoms with E-state index in [1.54, 1.807) is 42.5 Å². The number of hydrogen-bond acceptors (Lipinski definition) is 4. The van der Waals surface area contributed by atoms with Crippen molar-refractivity contribution in [3.05, 3.63) is 58.1 Å². The van der Waals surface area contributed by atoms with Gasteiger partial charge in [-0.25, -0.2) is 0 Å². The first-order chi connectivity index (χ1) is 9.60. The second kappa shape index (κ2) is 6.29. The van der Waals surface area contributed by atoms with Crippen molar-refractivity contribution < 1.29 is 15.1 Å². The van der Waals surface area contributed by atoms with E-state index in [-0.39, 0.29) is 11.6 Å². The molecule has 0 radical (unpaired) electrons. The molecular weight excluding hydrogens is 324 g/mol. The summed E-state index contributed by atoms with van der Waals surface area (Å²) in [6.07, 6.45) is 0. The van der Waals surface area contributed by atoms with E-state index in [2.05, 4.69) is 21.1 Å². The quantitative estimate of drug-likeness (QED) is 0.346. The van der Waals surface area contributed by atoms with E-state index in [0.29, 0.717) is 17.9 Å².